The third kappa shape index (κ3) is 47.2. The van der Waals surface area contributed by atoms with Gasteiger partial charge in [-0.25, -0.2) is 0 Å². The first-order chi connectivity index (χ1) is 30.0. The third-order valence-electron chi connectivity index (χ3n) is 10.2. The molecule has 0 radical (unpaired) electrons. The van der Waals surface area contributed by atoms with E-state index in [1.807, 2.05) is 54.7 Å². The summed E-state index contributed by atoms with van der Waals surface area (Å²) in [5.74, 6) is -1.04. The van der Waals surface area contributed by atoms with Gasteiger partial charge in [-0.15, -0.1) is 0 Å². The van der Waals surface area contributed by atoms with Crippen LogP contribution in [0.1, 0.15) is 213 Å². The molecule has 0 fully saturated rings. The molecular weight excluding hydrogens is 757 g/mol. The van der Waals surface area contributed by atoms with Gasteiger partial charge < -0.3 is 14.2 Å². The van der Waals surface area contributed by atoms with Gasteiger partial charge in [0, 0.05) is 19.3 Å². The lowest BCUT2D eigenvalue weighted by atomic mass is 10.1. The Bertz CT molecular complexity index is 1250. The lowest BCUT2D eigenvalue weighted by Crippen LogP contribution is -2.30. The van der Waals surface area contributed by atoms with Gasteiger partial charge in [-0.3, -0.25) is 14.4 Å². The lowest BCUT2D eigenvalue weighted by Gasteiger charge is -2.18. The SMILES string of the molecule is CC/C=C/C=C/C=C/C=C/C=C/CCCCCC(=O)OCC(COC(=O)CC/C=C/C/C=C/CCCCCCCC)OC(=O)CCCCCCCCC/C=C/CCCCCC. The molecule has 346 valence electrons. The van der Waals surface area contributed by atoms with Crippen LogP contribution in [-0.4, -0.2) is 37.2 Å². The van der Waals surface area contributed by atoms with Crippen LogP contribution in [-0.2, 0) is 28.6 Å². The Morgan fingerprint density at radius 3 is 1.28 bits per heavy atom. The van der Waals surface area contributed by atoms with Gasteiger partial charge in [0.1, 0.15) is 13.2 Å². The second-order valence-electron chi connectivity index (χ2n) is 16.1. The average molecular weight is 847 g/mol. The van der Waals surface area contributed by atoms with Gasteiger partial charge in [0.2, 0.25) is 0 Å². The van der Waals surface area contributed by atoms with Gasteiger partial charge >= 0.3 is 17.9 Å². The summed E-state index contributed by atoms with van der Waals surface area (Å²) >= 11 is 0. The van der Waals surface area contributed by atoms with E-state index in [1.165, 1.54) is 103 Å². The smallest absolute Gasteiger partial charge is 0.306 e. The zero-order valence-corrected chi connectivity index (χ0v) is 39.4. The number of hydrogen-bond acceptors (Lipinski definition) is 6. The molecule has 0 bridgehead atoms. The lowest BCUT2D eigenvalue weighted by molar-refractivity contribution is -0.166. The highest BCUT2D eigenvalue weighted by molar-refractivity contribution is 5.71. The number of carbonyl (C=O) groups is 3. The van der Waals surface area contributed by atoms with Crippen molar-refractivity contribution in [3.63, 3.8) is 0 Å². The van der Waals surface area contributed by atoms with Crippen LogP contribution < -0.4 is 0 Å². The number of esters is 3. The van der Waals surface area contributed by atoms with Gasteiger partial charge in [-0.2, -0.15) is 0 Å². The number of rotatable bonds is 43. The topological polar surface area (TPSA) is 78.9 Å². The van der Waals surface area contributed by atoms with Crippen molar-refractivity contribution in [1.29, 1.82) is 0 Å². The molecule has 61 heavy (non-hydrogen) atoms. The van der Waals surface area contributed by atoms with Crippen LogP contribution in [0, 0.1) is 0 Å². The van der Waals surface area contributed by atoms with E-state index < -0.39 is 6.10 Å². The molecule has 0 aromatic rings. The molecular formula is C55H90O6. The molecule has 6 nitrogen and oxygen atoms in total. The summed E-state index contributed by atoms with van der Waals surface area (Å²) in [7, 11) is 0. The fourth-order valence-electron chi connectivity index (χ4n) is 6.45. The van der Waals surface area contributed by atoms with Crippen molar-refractivity contribution in [2.75, 3.05) is 13.2 Å². The summed E-state index contributed by atoms with van der Waals surface area (Å²) in [5.41, 5.74) is 0. The van der Waals surface area contributed by atoms with Gasteiger partial charge in [0.15, 0.2) is 6.10 Å². The molecule has 0 spiro atoms. The van der Waals surface area contributed by atoms with Crippen LogP contribution in [0.25, 0.3) is 0 Å². The molecule has 0 rings (SSSR count). The van der Waals surface area contributed by atoms with Gasteiger partial charge in [-0.05, 0) is 83.5 Å². The maximum absolute atomic E-state index is 12.8. The average Bonchev–Trinajstić information content (AvgIpc) is 3.26. The first kappa shape index (κ1) is 57.3. The Morgan fingerprint density at radius 2 is 0.738 bits per heavy atom. The van der Waals surface area contributed by atoms with Crippen molar-refractivity contribution in [3.8, 4) is 0 Å². The predicted molar refractivity (Wildman–Crippen MR) is 260 cm³/mol. The molecule has 0 saturated heterocycles. The fourth-order valence-corrected chi connectivity index (χ4v) is 6.45. The minimum absolute atomic E-state index is 0.119. The van der Waals surface area contributed by atoms with E-state index in [-0.39, 0.29) is 37.5 Å². The largest absolute Gasteiger partial charge is 0.462 e. The van der Waals surface area contributed by atoms with Crippen molar-refractivity contribution >= 4 is 17.9 Å². The Morgan fingerprint density at radius 1 is 0.361 bits per heavy atom. The summed E-state index contributed by atoms with van der Waals surface area (Å²) in [4.78, 5) is 37.9. The molecule has 0 aromatic carbocycles. The van der Waals surface area contributed by atoms with Crippen molar-refractivity contribution in [1.82, 2.24) is 0 Å². The molecule has 0 heterocycles. The first-order valence-corrected chi connectivity index (χ1v) is 24.8. The summed E-state index contributed by atoms with van der Waals surface area (Å²) in [6.07, 6.45) is 64.0. The van der Waals surface area contributed by atoms with Crippen LogP contribution in [0.5, 0.6) is 0 Å². The number of ether oxygens (including phenoxy) is 3. The number of hydrogen-bond donors (Lipinski definition) is 0. The molecule has 0 saturated carbocycles. The zero-order chi connectivity index (χ0) is 44.4. The summed E-state index contributed by atoms with van der Waals surface area (Å²) in [5, 5.41) is 0. The van der Waals surface area contributed by atoms with Crippen molar-refractivity contribution < 1.29 is 28.6 Å². The Balaban J connectivity index is 4.55. The number of allylic oxidation sites excluding steroid dienone is 16. The van der Waals surface area contributed by atoms with Crippen LogP contribution in [0.4, 0.5) is 0 Å². The molecule has 6 heteroatoms. The Labute approximate surface area is 375 Å². The fraction of sp³-hybridized carbons (Fsp3) is 0.655. The van der Waals surface area contributed by atoms with Crippen LogP contribution >= 0.6 is 0 Å². The monoisotopic (exact) mass is 847 g/mol. The molecule has 1 unspecified atom stereocenters. The second-order valence-corrected chi connectivity index (χ2v) is 16.1. The predicted octanol–water partition coefficient (Wildman–Crippen LogP) is 16.2. The zero-order valence-electron chi connectivity index (χ0n) is 39.4. The van der Waals surface area contributed by atoms with Crippen LogP contribution in [0.15, 0.2) is 97.2 Å². The van der Waals surface area contributed by atoms with Gasteiger partial charge in [-0.1, -0.05) is 208 Å². The van der Waals surface area contributed by atoms with E-state index >= 15 is 0 Å². The van der Waals surface area contributed by atoms with Gasteiger partial charge in [0.05, 0.1) is 0 Å². The van der Waals surface area contributed by atoms with Crippen molar-refractivity contribution in [2.45, 2.75) is 219 Å². The maximum Gasteiger partial charge on any atom is 0.306 e. The van der Waals surface area contributed by atoms with Gasteiger partial charge in [0.25, 0.3) is 0 Å². The highest BCUT2D eigenvalue weighted by Crippen LogP contribution is 2.13. The summed E-state index contributed by atoms with van der Waals surface area (Å²) in [6, 6.07) is 0. The van der Waals surface area contributed by atoms with Crippen molar-refractivity contribution in [3.05, 3.63) is 97.2 Å². The highest BCUT2D eigenvalue weighted by atomic mass is 16.6. The minimum atomic E-state index is -0.819. The van der Waals surface area contributed by atoms with E-state index in [0.717, 1.165) is 64.2 Å². The standard InChI is InChI=1S/C55H90O6/c1-4-7-10-13-16-19-22-25-27-30-33-36-39-42-45-48-54(57)60-51-52(50-59-53(56)47-44-41-38-35-32-29-24-21-18-15-12-9-6-3)61-55(58)49-46-43-40-37-34-31-28-26-23-20-17-14-11-8-5-2/h7,10,13,16,19-20,22-23,25,27,29-30,32-33,38,41,52H,4-6,8-9,11-12,14-15,17-18,21,24,26,28,31,34-37,39-40,42-51H2,1-3H3/b10-7+,16-13+,22-19+,23-20+,27-25+,32-29+,33-30+,41-38+. The first-order valence-electron chi connectivity index (χ1n) is 24.8. The molecule has 1 atom stereocenters. The number of unbranched alkanes of at least 4 members (excludes halogenated alkanes) is 20. The van der Waals surface area contributed by atoms with Crippen molar-refractivity contribution in [2.24, 2.45) is 0 Å². The quantitative estimate of drug-likeness (QED) is 0.0200. The van der Waals surface area contributed by atoms with E-state index in [0.29, 0.717) is 19.3 Å². The van der Waals surface area contributed by atoms with Crippen LogP contribution in [0.3, 0.4) is 0 Å². The second kappa shape index (κ2) is 49.0. The van der Waals surface area contributed by atoms with E-state index in [2.05, 4.69) is 63.3 Å². The molecule has 0 aromatic heterocycles. The summed E-state index contributed by atoms with van der Waals surface area (Å²) in [6.45, 7) is 6.36. The van der Waals surface area contributed by atoms with E-state index in [4.69, 9.17) is 14.2 Å². The highest BCUT2D eigenvalue weighted by Gasteiger charge is 2.19. The molecule has 0 N–H and O–H groups in total. The molecule has 0 aliphatic rings. The molecule has 0 aliphatic carbocycles. The van der Waals surface area contributed by atoms with E-state index in [9.17, 15) is 14.4 Å². The number of carbonyl (C=O) groups excluding carboxylic acids is 3. The van der Waals surface area contributed by atoms with Crippen LogP contribution in [0.2, 0.25) is 0 Å². The minimum Gasteiger partial charge on any atom is -0.462 e. The Hall–Kier alpha value is -3.67. The Kier molecular flexibility index (Phi) is 46.0. The molecule has 0 amide bonds. The molecule has 0 aliphatic heterocycles. The van der Waals surface area contributed by atoms with E-state index in [1.54, 1.807) is 0 Å². The maximum atomic E-state index is 12.8. The third-order valence-corrected chi connectivity index (χ3v) is 10.2. The normalized spacial score (nSPS) is 12.9. The summed E-state index contributed by atoms with van der Waals surface area (Å²) < 4.78 is 16.7.